The van der Waals surface area contributed by atoms with Crippen LogP contribution in [0.1, 0.15) is 37.1 Å². The van der Waals surface area contributed by atoms with Gasteiger partial charge in [0.1, 0.15) is 0 Å². The second-order valence-corrected chi connectivity index (χ2v) is 7.72. The van der Waals surface area contributed by atoms with Crippen molar-refractivity contribution in [3.63, 3.8) is 0 Å². The van der Waals surface area contributed by atoms with Gasteiger partial charge in [-0.3, -0.25) is 10.1 Å². The molecule has 3 N–H and O–H groups in total. The van der Waals surface area contributed by atoms with Gasteiger partial charge < -0.3 is 14.8 Å². The number of pyridine rings is 1. The van der Waals surface area contributed by atoms with E-state index in [1.807, 2.05) is 12.1 Å². The van der Waals surface area contributed by atoms with Gasteiger partial charge in [0.2, 0.25) is 5.56 Å². The summed E-state index contributed by atoms with van der Waals surface area (Å²) in [5.74, 6) is 0.880. The number of aromatic nitrogens is 1. The van der Waals surface area contributed by atoms with E-state index in [1.165, 1.54) is 11.1 Å². The zero-order valence-electron chi connectivity index (χ0n) is 16.5. The number of phenolic OH excluding ortho intramolecular Hbond substituents is 1. The highest BCUT2D eigenvalue weighted by Gasteiger charge is 2.46. The predicted octanol–water partition coefficient (Wildman–Crippen LogP) is 3.54. The number of hydrogen-bond donors (Lipinski definition) is 3. The number of H-pyrrole nitrogens is 1. The molecule has 0 amide bonds. The van der Waals surface area contributed by atoms with Gasteiger partial charge in [-0.25, -0.2) is 0 Å². The van der Waals surface area contributed by atoms with Crippen molar-refractivity contribution in [1.29, 1.82) is 0 Å². The van der Waals surface area contributed by atoms with Gasteiger partial charge in [-0.1, -0.05) is 23.8 Å². The Hall–Kier alpha value is -2.79. The minimum Gasteiger partial charge on any atom is -0.504 e. The van der Waals surface area contributed by atoms with E-state index in [0.717, 1.165) is 29.7 Å². The topological polar surface area (TPSA) is 74.3 Å². The van der Waals surface area contributed by atoms with Crippen LogP contribution in [0.5, 0.6) is 11.5 Å². The van der Waals surface area contributed by atoms with Gasteiger partial charge in [0.25, 0.3) is 0 Å². The maximum atomic E-state index is 11.9. The molecule has 2 aliphatic rings. The second-order valence-electron chi connectivity index (χ2n) is 7.72. The maximum absolute atomic E-state index is 11.9. The highest BCUT2D eigenvalue weighted by atomic mass is 16.5. The van der Waals surface area contributed by atoms with Crippen molar-refractivity contribution in [3.05, 3.63) is 80.8 Å². The molecule has 0 fully saturated rings. The number of fused-ring (bicyclic) bond motifs is 4. The molecule has 2 aliphatic carbocycles. The fourth-order valence-corrected chi connectivity index (χ4v) is 4.87. The Kier molecular flexibility index (Phi) is 4.63. The SMILES string of the molecule is C/C=C1\[C@@H]2C=C(C)C[C@@]1(NCc1ccc(OC)c(O)c1)c1ccc(=O)[nH]c1C2. The monoisotopic (exact) mass is 378 g/mol. The van der Waals surface area contributed by atoms with E-state index in [1.54, 1.807) is 25.3 Å². The van der Waals surface area contributed by atoms with E-state index in [9.17, 15) is 9.90 Å². The minimum absolute atomic E-state index is 0.0586. The molecular weight excluding hydrogens is 352 g/mol. The third-order valence-corrected chi connectivity index (χ3v) is 5.95. The lowest BCUT2D eigenvalue weighted by molar-refractivity contribution is 0.320. The Bertz CT molecular complexity index is 1030. The lowest BCUT2D eigenvalue weighted by Crippen LogP contribution is -2.51. The van der Waals surface area contributed by atoms with Gasteiger partial charge in [-0.15, -0.1) is 0 Å². The van der Waals surface area contributed by atoms with Crippen molar-refractivity contribution >= 4 is 0 Å². The van der Waals surface area contributed by atoms with Crippen LogP contribution in [0.4, 0.5) is 0 Å². The van der Waals surface area contributed by atoms with Crippen LogP contribution in [0.15, 0.2) is 58.4 Å². The molecule has 0 radical (unpaired) electrons. The Morgan fingerprint density at radius 3 is 2.89 bits per heavy atom. The van der Waals surface area contributed by atoms with Gasteiger partial charge in [0.05, 0.1) is 12.6 Å². The summed E-state index contributed by atoms with van der Waals surface area (Å²) in [5.41, 5.74) is 5.40. The van der Waals surface area contributed by atoms with E-state index in [4.69, 9.17) is 4.74 Å². The van der Waals surface area contributed by atoms with Crippen LogP contribution in [-0.4, -0.2) is 17.2 Å². The molecule has 0 saturated heterocycles. The predicted molar refractivity (Wildman–Crippen MR) is 110 cm³/mol. The van der Waals surface area contributed by atoms with Gasteiger partial charge in [-0.05, 0) is 61.6 Å². The standard InChI is InChI=1S/C23H26N2O3/c1-4-17-16-9-14(2)12-23(17,18-6-8-22(27)25-19(18)11-16)24-13-15-5-7-21(28-3)20(26)10-15/h4-10,16,24,26H,11-13H2,1-3H3,(H,25,27)/b17-4+/t16-,23+/m1/s1. The van der Waals surface area contributed by atoms with Crippen molar-refractivity contribution in [1.82, 2.24) is 10.3 Å². The molecule has 5 heteroatoms. The van der Waals surface area contributed by atoms with Crippen LogP contribution in [0.25, 0.3) is 0 Å². The van der Waals surface area contributed by atoms with Crippen LogP contribution in [-0.2, 0) is 18.5 Å². The minimum atomic E-state index is -0.356. The van der Waals surface area contributed by atoms with Crippen molar-refractivity contribution in [2.45, 2.75) is 38.8 Å². The number of methoxy groups -OCH3 is 1. The third-order valence-electron chi connectivity index (χ3n) is 5.95. The normalized spacial score (nSPS) is 24.6. The van der Waals surface area contributed by atoms with Crippen LogP contribution in [0, 0.1) is 5.92 Å². The summed E-state index contributed by atoms with van der Waals surface area (Å²) in [4.78, 5) is 15.0. The second kappa shape index (κ2) is 6.99. The summed E-state index contributed by atoms with van der Waals surface area (Å²) in [6, 6.07) is 9.05. The lowest BCUT2D eigenvalue weighted by atomic mass is 9.63. The Morgan fingerprint density at radius 2 is 2.18 bits per heavy atom. The highest BCUT2D eigenvalue weighted by Crippen LogP contribution is 2.49. The first-order chi connectivity index (χ1) is 13.5. The van der Waals surface area contributed by atoms with Crippen LogP contribution < -0.4 is 15.6 Å². The molecule has 2 atom stereocenters. The number of ether oxygens (including phenoxy) is 1. The molecule has 2 bridgehead atoms. The number of hydrogen-bond acceptors (Lipinski definition) is 4. The van der Waals surface area contributed by atoms with Crippen LogP contribution in [0.3, 0.4) is 0 Å². The van der Waals surface area contributed by atoms with Gasteiger partial charge in [0.15, 0.2) is 11.5 Å². The fourth-order valence-electron chi connectivity index (χ4n) is 4.87. The van der Waals surface area contributed by atoms with Crippen molar-refractivity contribution in [2.24, 2.45) is 5.92 Å². The molecule has 0 saturated carbocycles. The molecule has 0 aliphatic heterocycles. The number of nitrogens with one attached hydrogen (secondary N) is 2. The quantitative estimate of drug-likeness (QED) is 0.712. The lowest BCUT2D eigenvalue weighted by Gasteiger charge is -2.48. The van der Waals surface area contributed by atoms with Gasteiger partial charge >= 0.3 is 0 Å². The first kappa shape index (κ1) is 18.6. The molecule has 0 unspecified atom stereocenters. The smallest absolute Gasteiger partial charge is 0.248 e. The van der Waals surface area contributed by atoms with E-state index in [2.05, 4.69) is 36.3 Å². The molecule has 0 spiro atoms. The van der Waals surface area contributed by atoms with Crippen molar-refractivity contribution in [3.8, 4) is 11.5 Å². The van der Waals surface area contributed by atoms with Crippen molar-refractivity contribution in [2.75, 3.05) is 7.11 Å². The van der Waals surface area contributed by atoms with E-state index in [-0.39, 0.29) is 22.8 Å². The summed E-state index contributed by atoms with van der Waals surface area (Å²) in [6.07, 6.45) is 6.20. The number of allylic oxidation sites excluding steroid dienone is 2. The molecule has 4 rings (SSSR count). The van der Waals surface area contributed by atoms with E-state index < -0.39 is 0 Å². The Balaban J connectivity index is 1.76. The zero-order chi connectivity index (χ0) is 19.9. The molecule has 28 heavy (non-hydrogen) atoms. The first-order valence-corrected chi connectivity index (χ1v) is 9.64. The van der Waals surface area contributed by atoms with Crippen LogP contribution in [0.2, 0.25) is 0 Å². The highest BCUT2D eigenvalue weighted by molar-refractivity contribution is 5.50. The fraction of sp³-hybridized carbons (Fsp3) is 0.348. The average Bonchev–Trinajstić information content (AvgIpc) is 2.65. The molecule has 146 valence electrons. The molecule has 1 aromatic heterocycles. The Morgan fingerprint density at radius 1 is 1.36 bits per heavy atom. The summed E-state index contributed by atoms with van der Waals surface area (Å²) in [7, 11) is 1.54. The average molecular weight is 378 g/mol. The molecule has 1 heterocycles. The van der Waals surface area contributed by atoms with Crippen molar-refractivity contribution < 1.29 is 9.84 Å². The molecule has 1 aromatic carbocycles. The van der Waals surface area contributed by atoms with Crippen LogP contribution >= 0.6 is 0 Å². The zero-order valence-corrected chi connectivity index (χ0v) is 16.5. The number of rotatable bonds is 4. The summed E-state index contributed by atoms with van der Waals surface area (Å²) in [5, 5.41) is 13.9. The van der Waals surface area contributed by atoms with E-state index in [0.29, 0.717) is 12.3 Å². The first-order valence-electron chi connectivity index (χ1n) is 9.64. The van der Waals surface area contributed by atoms with E-state index >= 15 is 0 Å². The molecule has 5 nitrogen and oxygen atoms in total. The largest absolute Gasteiger partial charge is 0.504 e. The Labute approximate surface area is 164 Å². The number of phenols is 1. The summed E-state index contributed by atoms with van der Waals surface area (Å²) in [6.45, 7) is 4.85. The number of benzene rings is 1. The third kappa shape index (κ3) is 2.96. The molecule has 2 aromatic rings. The maximum Gasteiger partial charge on any atom is 0.248 e. The summed E-state index contributed by atoms with van der Waals surface area (Å²) >= 11 is 0. The molecular formula is C23H26N2O3. The number of aromatic hydroxyl groups is 1. The number of aromatic amines is 1. The summed E-state index contributed by atoms with van der Waals surface area (Å²) < 4.78 is 5.14. The van der Waals surface area contributed by atoms with Gasteiger partial charge in [0, 0.05) is 24.2 Å². The van der Waals surface area contributed by atoms with Gasteiger partial charge in [-0.2, -0.15) is 0 Å².